The van der Waals surface area contributed by atoms with Crippen molar-refractivity contribution in [1.82, 2.24) is 20.3 Å². The molecular weight excluding hydrogens is 324 g/mol. The average Bonchev–Trinajstić information content (AvgIpc) is 3.32. The van der Waals surface area contributed by atoms with Gasteiger partial charge in [-0.15, -0.1) is 5.10 Å². The smallest absolute Gasteiger partial charge is 0.115 e. The zero-order chi connectivity index (χ0) is 17.8. The van der Waals surface area contributed by atoms with Crippen LogP contribution in [-0.4, -0.2) is 26.1 Å². The number of phenols is 1. The van der Waals surface area contributed by atoms with Crippen LogP contribution in [0, 0.1) is 0 Å². The van der Waals surface area contributed by atoms with Crippen LogP contribution in [-0.2, 0) is 19.5 Å². The molecule has 0 saturated heterocycles. The first-order chi connectivity index (χ1) is 12.8. The van der Waals surface area contributed by atoms with Gasteiger partial charge in [0.05, 0.1) is 5.69 Å². The number of hydrogen-bond donors (Lipinski definition) is 2. The first-order valence-electron chi connectivity index (χ1n) is 9.23. The van der Waals surface area contributed by atoms with E-state index < -0.39 is 0 Å². The number of nitrogens with zero attached hydrogens (tertiary/aromatic N) is 3. The molecule has 2 aromatic carbocycles. The molecule has 1 saturated carbocycles. The molecular formula is C21H24N4O. The first-order valence-corrected chi connectivity index (χ1v) is 9.23. The summed E-state index contributed by atoms with van der Waals surface area (Å²) in [7, 11) is 0. The van der Waals surface area contributed by atoms with Crippen molar-refractivity contribution in [1.29, 1.82) is 0 Å². The van der Waals surface area contributed by atoms with Gasteiger partial charge in [0.25, 0.3) is 0 Å². The van der Waals surface area contributed by atoms with E-state index in [1.807, 2.05) is 23.0 Å². The molecule has 5 nitrogen and oxygen atoms in total. The van der Waals surface area contributed by atoms with E-state index in [0.29, 0.717) is 17.7 Å². The Kier molecular flexibility index (Phi) is 4.97. The molecule has 0 radical (unpaired) electrons. The van der Waals surface area contributed by atoms with E-state index in [0.717, 1.165) is 31.6 Å². The lowest BCUT2D eigenvalue weighted by Crippen LogP contribution is -2.17. The summed E-state index contributed by atoms with van der Waals surface area (Å²) in [5, 5.41) is 21.4. The lowest BCUT2D eigenvalue weighted by atomic mass is 10.1. The molecule has 4 rings (SSSR count). The number of phenolic OH excluding ortho intramolecular Hbond substituents is 1. The fourth-order valence-electron chi connectivity index (χ4n) is 3.36. The van der Waals surface area contributed by atoms with Crippen LogP contribution in [0.5, 0.6) is 5.75 Å². The molecule has 1 aliphatic rings. The Labute approximate surface area is 153 Å². The molecule has 0 bridgehead atoms. The van der Waals surface area contributed by atoms with Gasteiger partial charge < -0.3 is 10.4 Å². The van der Waals surface area contributed by atoms with Gasteiger partial charge in [0.1, 0.15) is 5.75 Å². The molecule has 2 N–H and O–H groups in total. The van der Waals surface area contributed by atoms with Gasteiger partial charge in [-0.2, -0.15) is 0 Å². The Morgan fingerprint density at radius 1 is 1.08 bits per heavy atom. The van der Waals surface area contributed by atoms with E-state index in [-0.39, 0.29) is 0 Å². The summed E-state index contributed by atoms with van der Waals surface area (Å²) in [5.41, 5.74) is 3.64. The second kappa shape index (κ2) is 7.70. The van der Waals surface area contributed by atoms with Crippen LogP contribution in [0.25, 0.3) is 0 Å². The molecule has 0 spiro atoms. The lowest BCUT2D eigenvalue weighted by molar-refractivity contribution is 0.475. The van der Waals surface area contributed by atoms with Gasteiger partial charge in [-0.05, 0) is 42.5 Å². The Morgan fingerprint density at radius 3 is 2.69 bits per heavy atom. The van der Waals surface area contributed by atoms with Gasteiger partial charge in [-0.3, -0.25) is 4.68 Å². The van der Waals surface area contributed by atoms with Crippen molar-refractivity contribution in [2.75, 3.05) is 0 Å². The highest BCUT2D eigenvalue weighted by Gasteiger charge is 2.37. The second-order valence-corrected chi connectivity index (χ2v) is 6.98. The molecule has 26 heavy (non-hydrogen) atoms. The molecule has 0 aliphatic heterocycles. The molecule has 5 heteroatoms. The summed E-state index contributed by atoms with van der Waals surface area (Å²) in [5.74, 6) is 0.948. The minimum atomic E-state index is 0.312. The van der Waals surface area contributed by atoms with Crippen LogP contribution in [0.4, 0.5) is 0 Å². The van der Waals surface area contributed by atoms with Gasteiger partial charge in [0, 0.05) is 31.2 Å². The maximum absolute atomic E-state index is 9.31. The third kappa shape index (κ3) is 4.29. The largest absolute Gasteiger partial charge is 0.508 e. The van der Waals surface area contributed by atoms with Crippen molar-refractivity contribution < 1.29 is 5.11 Å². The van der Waals surface area contributed by atoms with Crippen molar-refractivity contribution >= 4 is 0 Å². The summed E-state index contributed by atoms with van der Waals surface area (Å²) in [6.07, 6.45) is 5.20. The molecule has 134 valence electrons. The molecule has 0 amide bonds. The average molecular weight is 348 g/mol. The fraction of sp³-hybridized carbons (Fsp3) is 0.333. The number of aromatic nitrogens is 3. The second-order valence-electron chi connectivity index (χ2n) is 6.98. The third-order valence-electron chi connectivity index (χ3n) is 4.94. The molecule has 1 fully saturated rings. The number of nitrogens with one attached hydrogen (secondary N) is 1. The summed E-state index contributed by atoms with van der Waals surface area (Å²) < 4.78 is 1.92. The first kappa shape index (κ1) is 16.8. The minimum Gasteiger partial charge on any atom is -0.508 e. The van der Waals surface area contributed by atoms with Gasteiger partial charge in [-0.1, -0.05) is 47.7 Å². The minimum absolute atomic E-state index is 0.312. The van der Waals surface area contributed by atoms with Gasteiger partial charge in [0.2, 0.25) is 0 Å². The summed E-state index contributed by atoms with van der Waals surface area (Å²) in [4.78, 5) is 0. The molecule has 2 atom stereocenters. The number of aromatic hydroxyl groups is 1. The quantitative estimate of drug-likeness (QED) is 0.656. The fourth-order valence-corrected chi connectivity index (χ4v) is 3.36. The summed E-state index contributed by atoms with van der Waals surface area (Å²) >= 11 is 0. The molecule has 1 aliphatic carbocycles. The summed E-state index contributed by atoms with van der Waals surface area (Å²) in [6.45, 7) is 1.62. The number of rotatable bonds is 8. The monoisotopic (exact) mass is 348 g/mol. The maximum atomic E-state index is 9.31. The highest BCUT2D eigenvalue weighted by molar-refractivity contribution is 5.28. The lowest BCUT2D eigenvalue weighted by Gasteiger charge is -2.03. The van der Waals surface area contributed by atoms with Crippen molar-refractivity contribution in [3.63, 3.8) is 0 Å². The zero-order valence-electron chi connectivity index (χ0n) is 14.8. The van der Waals surface area contributed by atoms with E-state index in [9.17, 15) is 5.11 Å². The Balaban J connectivity index is 1.20. The van der Waals surface area contributed by atoms with Crippen LogP contribution < -0.4 is 5.32 Å². The molecule has 1 aromatic heterocycles. The van der Waals surface area contributed by atoms with Crippen LogP contribution >= 0.6 is 0 Å². The normalized spacial score (nSPS) is 18.8. The molecule has 1 heterocycles. The van der Waals surface area contributed by atoms with E-state index >= 15 is 0 Å². The Morgan fingerprint density at radius 2 is 1.88 bits per heavy atom. The van der Waals surface area contributed by atoms with Crippen molar-refractivity contribution in [2.45, 2.75) is 44.3 Å². The van der Waals surface area contributed by atoms with Gasteiger partial charge >= 0.3 is 0 Å². The predicted molar refractivity (Wildman–Crippen MR) is 101 cm³/mol. The van der Waals surface area contributed by atoms with Crippen LogP contribution in [0.1, 0.15) is 35.6 Å². The van der Waals surface area contributed by atoms with Crippen molar-refractivity contribution in [3.05, 3.63) is 77.6 Å². The van der Waals surface area contributed by atoms with E-state index in [2.05, 4.69) is 46.0 Å². The van der Waals surface area contributed by atoms with Crippen molar-refractivity contribution in [3.8, 4) is 5.75 Å². The predicted octanol–water partition coefficient (Wildman–Crippen LogP) is 3.26. The van der Waals surface area contributed by atoms with Gasteiger partial charge in [-0.25, -0.2) is 0 Å². The van der Waals surface area contributed by atoms with Crippen LogP contribution in [0.3, 0.4) is 0 Å². The zero-order valence-corrected chi connectivity index (χ0v) is 14.8. The highest BCUT2D eigenvalue weighted by atomic mass is 16.3. The van der Waals surface area contributed by atoms with E-state index in [4.69, 9.17) is 0 Å². The maximum Gasteiger partial charge on any atom is 0.115 e. The van der Waals surface area contributed by atoms with E-state index in [1.165, 1.54) is 17.5 Å². The SMILES string of the molecule is Oc1ccc(CCCn2cc(CNC3CC3c3ccccc3)nn2)cc1. The Hall–Kier alpha value is -2.66. The third-order valence-corrected chi connectivity index (χ3v) is 4.94. The van der Waals surface area contributed by atoms with Gasteiger partial charge in [0.15, 0.2) is 0 Å². The highest BCUT2D eigenvalue weighted by Crippen LogP contribution is 2.40. The number of benzene rings is 2. The number of aryl methyl sites for hydroxylation is 2. The standard InChI is InChI=1S/C21H24N4O/c26-19-10-8-16(9-11-19)5-4-12-25-15-18(23-24-25)14-22-21-13-20(21)17-6-2-1-3-7-17/h1-3,6-11,15,20-22,26H,4-5,12-14H2. The molecule has 3 aromatic rings. The summed E-state index contributed by atoms with van der Waals surface area (Å²) in [6, 6.07) is 18.6. The van der Waals surface area contributed by atoms with E-state index in [1.54, 1.807) is 12.1 Å². The molecule has 2 unspecified atom stereocenters. The topological polar surface area (TPSA) is 63.0 Å². The Bertz CT molecular complexity index is 829. The van der Waals surface area contributed by atoms with Crippen molar-refractivity contribution in [2.24, 2.45) is 0 Å². The van der Waals surface area contributed by atoms with Crippen LogP contribution in [0.2, 0.25) is 0 Å². The number of hydrogen-bond acceptors (Lipinski definition) is 4. The van der Waals surface area contributed by atoms with Crippen LogP contribution in [0.15, 0.2) is 60.8 Å².